The summed E-state index contributed by atoms with van der Waals surface area (Å²) in [6.45, 7) is -0.185. The predicted molar refractivity (Wildman–Crippen MR) is 128 cm³/mol. The molecule has 0 spiro atoms. The highest BCUT2D eigenvalue weighted by molar-refractivity contribution is 7.92. The molecular formula is C22H18ClF2N7O4S. The number of anilines is 1. The first-order chi connectivity index (χ1) is 17.8. The topological polar surface area (TPSA) is 134 Å². The second-order valence-electron chi connectivity index (χ2n) is 7.89. The van der Waals surface area contributed by atoms with Crippen LogP contribution in [0.25, 0.3) is 11.5 Å². The zero-order valence-corrected chi connectivity index (χ0v) is 20.7. The van der Waals surface area contributed by atoms with Crippen molar-refractivity contribution in [3.8, 4) is 23.0 Å². The minimum absolute atomic E-state index is 0.00574. The molecule has 0 fully saturated rings. The van der Waals surface area contributed by atoms with Gasteiger partial charge in [0.15, 0.2) is 23.0 Å². The largest absolute Gasteiger partial charge is 0.493 e. The van der Waals surface area contributed by atoms with Crippen LogP contribution < -0.4 is 14.2 Å². The fourth-order valence-electron chi connectivity index (χ4n) is 3.83. The molecule has 0 aliphatic carbocycles. The molecule has 15 heteroatoms. The number of fused-ring (bicyclic) bond motifs is 3. The number of nitrogens with zero attached hydrogens (tertiary/aromatic N) is 6. The van der Waals surface area contributed by atoms with Gasteiger partial charge in [0, 0.05) is 42.7 Å². The summed E-state index contributed by atoms with van der Waals surface area (Å²) in [6, 6.07) is 3.66. The van der Waals surface area contributed by atoms with Crippen molar-refractivity contribution in [2.75, 3.05) is 24.2 Å². The molecule has 0 radical (unpaired) electrons. The molecule has 4 heterocycles. The number of aromatic nitrogens is 6. The smallest absolute Gasteiger partial charge is 0.239 e. The van der Waals surface area contributed by atoms with E-state index in [2.05, 4.69) is 29.9 Å². The molecule has 1 aliphatic heterocycles. The molecule has 0 saturated carbocycles. The summed E-state index contributed by atoms with van der Waals surface area (Å²) < 4.78 is 69.5. The zero-order chi connectivity index (χ0) is 26.2. The molecule has 1 aromatic carbocycles. The van der Waals surface area contributed by atoms with E-state index in [1.54, 1.807) is 6.07 Å². The molecule has 0 unspecified atom stereocenters. The standard InChI is InChI=1S/C22H18ClF2N7O4S/c1-35-17-4-6-26-19-20(17)36-11-16(14-3-2-13(24)8-15(14)25)32-21(19)29-30-22(32)31-37(33,34)7-5-18-27-9-12(23)10-28-18/h2-4,6,8-10,16H,5,7,11H2,1H3,(H,30,31)/t16-/m1/s1. The number of nitrogens with one attached hydrogen (secondary N) is 1. The van der Waals surface area contributed by atoms with E-state index in [0.717, 1.165) is 12.1 Å². The van der Waals surface area contributed by atoms with Gasteiger partial charge in [0.25, 0.3) is 0 Å². The maximum Gasteiger partial charge on any atom is 0.239 e. The maximum atomic E-state index is 14.9. The highest BCUT2D eigenvalue weighted by Crippen LogP contribution is 2.42. The fraction of sp³-hybridized carbons (Fsp3) is 0.227. The predicted octanol–water partition coefficient (Wildman–Crippen LogP) is 3.04. The summed E-state index contributed by atoms with van der Waals surface area (Å²) in [5.74, 6) is -1.28. The first kappa shape index (κ1) is 24.8. The lowest BCUT2D eigenvalue weighted by Crippen LogP contribution is -2.25. The van der Waals surface area contributed by atoms with Crippen molar-refractivity contribution < 1.29 is 26.7 Å². The van der Waals surface area contributed by atoms with E-state index < -0.39 is 27.7 Å². The summed E-state index contributed by atoms with van der Waals surface area (Å²) in [5, 5.41) is 8.45. The summed E-state index contributed by atoms with van der Waals surface area (Å²) >= 11 is 5.77. The van der Waals surface area contributed by atoms with Gasteiger partial charge in [0.1, 0.15) is 30.1 Å². The van der Waals surface area contributed by atoms with Crippen LogP contribution in [0.3, 0.4) is 0 Å². The minimum atomic E-state index is -4.00. The molecule has 37 heavy (non-hydrogen) atoms. The number of rotatable bonds is 7. The number of hydrogen-bond donors (Lipinski definition) is 1. The maximum absolute atomic E-state index is 14.9. The molecule has 1 N–H and O–H groups in total. The quantitative estimate of drug-likeness (QED) is 0.369. The van der Waals surface area contributed by atoms with Crippen LogP contribution >= 0.6 is 11.6 Å². The van der Waals surface area contributed by atoms with E-state index in [1.807, 2.05) is 0 Å². The van der Waals surface area contributed by atoms with E-state index in [0.29, 0.717) is 10.8 Å². The Hall–Kier alpha value is -3.91. The normalized spacial score (nSPS) is 14.8. The molecule has 1 aliphatic rings. The van der Waals surface area contributed by atoms with E-state index in [9.17, 15) is 17.2 Å². The molecule has 3 aromatic heterocycles. The van der Waals surface area contributed by atoms with Crippen molar-refractivity contribution in [2.45, 2.75) is 12.5 Å². The fourth-order valence-corrected chi connectivity index (χ4v) is 4.90. The molecular weight excluding hydrogens is 532 g/mol. The van der Waals surface area contributed by atoms with Gasteiger partial charge in [-0.25, -0.2) is 32.2 Å². The molecule has 4 aromatic rings. The number of halogens is 3. The van der Waals surface area contributed by atoms with Crippen LogP contribution in [0, 0.1) is 11.6 Å². The van der Waals surface area contributed by atoms with Crippen molar-refractivity contribution in [3.63, 3.8) is 0 Å². The number of benzene rings is 1. The number of methoxy groups -OCH3 is 1. The van der Waals surface area contributed by atoms with Crippen LogP contribution in [-0.4, -0.2) is 57.6 Å². The average Bonchev–Trinajstić information content (AvgIpc) is 3.18. The van der Waals surface area contributed by atoms with Crippen molar-refractivity contribution in [2.24, 2.45) is 0 Å². The van der Waals surface area contributed by atoms with Gasteiger partial charge in [-0.3, -0.25) is 9.29 Å². The third-order valence-electron chi connectivity index (χ3n) is 5.53. The SMILES string of the molecule is COc1ccnc2c1OC[C@H](c1ccc(F)cc1F)n1c(NS(=O)(=O)CCc3ncc(Cl)cn3)nnc1-2. The molecule has 0 bridgehead atoms. The highest BCUT2D eigenvalue weighted by Gasteiger charge is 2.34. The highest BCUT2D eigenvalue weighted by atomic mass is 35.5. The second kappa shape index (κ2) is 9.86. The number of ether oxygens (including phenoxy) is 2. The van der Waals surface area contributed by atoms with E-state index in [4.69, 9.17) is 21.1 Å². The van der Waals surface area contributed by atoms with Gasteiger partial charge in [0.05, 0.1) is 17.9 Å². The van der Waals surface area contributed by atoms with Crippen LogP contribution in [-0.2, 0) is 16.4 Å². The lowest BCUT2D eigenvalue weighted by molar-refractivity contribution is 0.263. The number of sulfonamides is 1. The summed E-state index contributed by atoms with van der Waals surface area (Å²) in [6.07, 6.45) is 4.18. The molecule has 0 amide bonds. The van der Waals surface area contributed by atoms with Gasteiger partial charge in [-0.2, -0.15) is 0 Å². The van der Waals surface area contributed by atoms with Gasteiger partial charge in [-0.05, 0) is 6.07 Å². The van der Waals surface area contributed by atoms with E-state index >= 15 is 0 Å². The van der Waals surface area contributed by atoms with E-state index in [-0.39, 0.29) is 53.4 Å². The zero-order valence-electron chi connectivity index (χ0n) is 19.1. The third kappa shape index (κ3) is 5.02. The third-order valence-corrected chi connectivity index (χ3v) is 6.96. The van der Waals surface area contributed by atoms with Gasteiger partial charge in [-0.1, -0.05) is 17.7 Å². The Morgan fingerprint density at radius 3 is 2.70 bits per heavy atom. The Morgan fingerprint density at radius 1 is 1.19 bits per heavy atom. The second-order valence-corrected chi connectivity index (χ2v) is 10.2. The van der Waals surface area contributed by atoms with Crippen molar-refractivity contribution in [1.29, 1.82) is 0 Å². The molecule has 0 saturated heterocycles. The van der Waals surface area contributed by atoms with Crippen LogP contribution in [0.2, 0.25) is 5.02 Å². The molecule has 11 nitrogen and oxygen atoms in total. The molecule has 192 valence electrons. The van der Waals surface area contributed by atoms with Crippen LogP contribution in [0.1, 0.15) is 17.4 Å². The van der Waals surface area contributed by atoms with Gasteiger partial charge < -0.3 is 9.47 Å². The molecule has 1 atom stereocenters. The Morgan fingerprint density at radius 2 is 1.97 bits per heavy atom. The number of pyridine rings is 1. The van der Waals surface area contributed by atoms with Crippen molar-refractivity contribution in [1.82, 2.24) is 29.7 Å². The minimum Gasteiger partial charge on any atom is -0.493 e. The van der Waals surface area contributed by atoms with Crippen LogP contribution in [0.5, 0.6) is 11.5 Å². The van der Waals surface area contributed by atoms with Crippen molar-refractivity contribution in [3.05, 3.63) is 70.9 Å². The van der Waals surface area contributed by atoms with Crippen LogP contribution in [0.4, 0.5) is 14.7 Å². The lowest BCUT2D eigenvalue weighted by atomic mass is 10.1. The van der Waals surface area contributed by atoms with Crippen LogP contribution in [0.15, 0.2) is 42.9 Å². The van der Waals surface area contributed by atoms with Gasteiger partial charge in [-0.15, -0.1) is 10.2 Å². The van der Waals surface area contributed by atoms with Gasteiger partial charge in [0.2, 0.25) is 16.0 Å². The Balaban J connectivity index is 1.55. The first-order valence-electron chi connectivity index (χ1n) is 10.8. The summed E-state index contributed by atoms with van der Waals surface area (Å²) in [7, 11) is -2.56. The first-order valence-corrected chi connectivity index (χ1v) is 12.8. The Kier molecular flexibility index (Phi) is 6.60. The monoisotopic (exact) mass is 549 g/mol. The average molecular weight is 550 g/mol. The van der Waals surface area contributed by atoms with Gasteiger partial charge >= 0.3 is 0 Å². The summed E-state index contributed by atoms with van der Waals surface area (Å²) in [5.41, 5.74) is 0.237. The molecule has 5 rings (SSSR count). The van der Waals surface area contributed by atoms with Crippen molar-refractivity contribution >= 4 is 27.6 Å². The Labute approximate surface area is 214 Å². The van der Waals surface area contributed by atoms with E-state index in [1.165, 1.54) is 36.3 Å². The summed E-state index contributed by atoms with van der Waals surface area (Å²) in [4.78, 5) is 12.3. The number of hydrogen-bond acceptors (Lipinski definition) is 9. The Bertz CT molecular complexity index is 1570. The lowest BCUT2D eigenvalue weighted by Gasteiger charge is -2.21. The number of aryl methyl sites for hydroxylation is 1.